The highest BCUT2D eigenvalue weighted by Crippen LogP contribution is 2.19. The zero-order valence-corrected chi connectivity index (χ0v) is 15.6. The summed E-state index contributed by atoms with van der Waals surface area (Å²) in [6.07, 6.45) is 0. The van der Waals surface area contributed by atoms with E-state index in [0.717, 1.165) is 12.1 Å². The van der Waals surface area contributed by atoms with Gasteiger partial charge in [0.25, 0.3) is 11.8 Å². The van der Waals surface area contributed by atoms with Crippen LogP contribution in [0.1, 0.15) is 10.4 Å². The highest BCUT2D eigenvalue weighted by atomic mass is 19.2. The maximum Gasteiger partial charge on any atom is 0.325 e. The normalized spacial score (nSPS) is 10.2. The number of hydrogen-bond acceptors (Lipinski definition) is 5. The molecule has 0 saturated heterocycles. The molecule has 0 radical (unpaired) electrons. The second-order valence-electron chi connectivity index (χ2n) is 5.87. The van der Waals surface area contributed by atoms with Crippen LogP contribution in [0.4, 0.5) is 23.2 Å². The molecule has 8 nitrogen and oxygen atoms in total. The number of nitrogens with one attached hydrogen (secondary N) is 3. The van der Waals surface area contributed by atoms with Crippen LogP contribution in [-0.4, -0.2) is 43.4 Å². The van der Waals surface area contributed by atoms with Crippen LogP contribution >= 0.6 is 0 Å². The monoisotopic (exact) mass is 441 g/mol. The first-order valence-electron chi connectivity index (χ1n) is 8.57. The van der Waals surface area contributed by atoms with Crippen molar-refractivity contribution >= 4 is 29.4 Å². The molecule has 0 heterocycles. The van der Waals surface area contributed by atoms with Gasteiger partial charge in [-0.25, -0.2) is 17.6 Å². The first-order valence-corrected chi connectivity index (χ1v) is 8.57. The van der Waals surface area contributed by atoms with Crippen molar-refractivity contribution in [1.29, 1.82) is 0 Å². The number of rotatable bonds is 8. The average Bonchev–Trinajstić information content (AvgIpc) is 2.75. The largest absolute Gasteiger partial charge is 0.454 e. The average molecular weight is 441 g/mol. The molecule has 0 spiro atoms. The van der Waals surface area contributed by atoms with Crippen molar-refractivity contribution in [2.24, 2.45) is 0 Å². The van der Waals surface area contributed by atoms with Crippen molar-refractivity contribution in [3.63, 3.8) is 0 Å². The molecule has 0 aliphatic rings. The molecule has 0 aliphatic heterocycles. The fraction of sp³-hybridized carbons (Fsp3) is 0.158. The third-order valence-electron chi connectivity index (χ3n) is 3.63. The Labute approximate surface area is 172 Å². The third kappa shape index (κ3) is 6.80. The second-order valence-corrected chi connectivity index (χ2v) is 5.87. The van der Waals surface area contributed by atoms with Gasteiger partial charge in [-0.3, -0.25) is 19.2 Å². The molecule has 0 atom stereocenters. The van der Waals surface area contributed by atoms with Gasteiger partial charge >= 0.3 is 5.97 Å². The molecule has 3 N–H and O–H groups in total. The summed E-state index contributed by atoms with van der Waals surface area (Å²) in [4.78, 5) is 46.5. The molecule has 164 valence electrons. The number of esters is 1. The molecule has 0 aliphatic carbocycles. The Morgan fingerprint density at radius 3 is 2.19 bits per heavy atom. The van der Waals surface area contributed by atoms with E-state index >= 15 is 0 Å². The molecule has 31 heavy (non-hydrogen) atoms. The van der Waals surface area contributed by atoms with Gasteiger partial charge in [-0.05, 0) is 24.3 Å². The topological polar surface area (TPSA) is 114 Å². The Bertz CT molecular complexity index is 1020. The summed E-state index contributed by atoms with van der Waals surface area (Å²) in [7, 11) is 0. The Morgan fingerprint density at radius 1 is 0.774 bits per heavy atom. The third-order valence-corrected chi connectivity index (χ3v) is 3.63. The van der Waals surface area contributed by atoms with Gasteiger partial charge in [-0.15, -0.1) is 0 Å². The fourth-order valence-corrected chi connectivity index (χ4v) is 2.14. The molecule has 2 aromatic carbocycles. The number of benzene rings is 2. The minimum Gasteiger partial charge on any atom is -0.454 e. The summed E-state index contributed by atoms with van der Waals surface area (Å²) >= 11 is 0. The summed E-state index contributed by atoms with van der Waals surface area (Å²) in [5, 5.41) is 6.09. The summed E-state index contributed by atoms with van der Waals surface area (Å²) < 4.78 is 57.4. The van der Waals surface area contributed by atoms with Crippen molar-refractivity contribution < 1.29 is 41.5 Å². The lowest BCUT2D eigenvalue weighted by Gasteiger charge is -2.09. The van der Waals surface area contributed by atoms with Gasteiger partial charge in [0.2, 0.25) is 5.91 Å². The van der Waals surface area contributed by atoms with Crippen molar-refractivity contribution in [2.45, 2.75) is 0 Å². The zero-order chi connectivity index (χ0) is 23.0. The fourth-order valence-electron chi connectivity index (χ4n) is 2.14. The predicted molar refractivity (Wildman–Crippen MR) is 97.6 cm³/mol. The molecule has 0 bridgehead atoms. The lowest BCUT2D eigenvalue weighted by molar-refractivity contribution is -0.147. The number of carbonyl (C=O) groups excluding carboxylic acids is 4. The van der Waals surface area contributed by atoms with Crippen LogP contribution < -0.4 is 16.0 Å². The van der Waals surface area contributed by atoms with E-state index in [0.29, 0.717) is 6.07 Å². The van der Waals surface area contributed by atoms with Crippen molar-refractivity contribution in [1.82, 2.24) is 10.6 Å². The number of hydrogen-bond donors (Lipinski definition) is 3. The molecular formula is C19H15F4N3O5. The summed E-state index contributed by atoms with van der Waals surface area (Å²) in [5.74, 6) is -9.32. The van der Waals surface area contributed by atoms with Crippen LogP contribution in [0, 0.1) is 23.3 Å². The lowest BCUT2D eigenvalue weighted by atomic mass is 10.2. The van der Waals surface area contributed by atoms with Crippen LogP contribution in [0.15, 0.2) is 36.4 Å². The SMILES string of the molecule is O=C(COC(=O)CNC(=O)c1ccccc1F)NCC(=O)Nc1ccc(F)c(F)c1F. The maximum absolute atomic E-state index is 13.5. The molecule has 2 aromatic rings. The van der Waals surface area contributed by atoms with E-state index in [4.69, 9.17) is 0 Å². The van der Waals surface area contributed by atoms with Crippen LogP contribution in [0.2, 0.25) is 0 Å². The smallest absolute Gasteiger partial charge is 0.325 e. The van der Waals surface area contributed by atoms with E-state index in [2.05, 4.69) is 10.1 Å². The number of halogens is 4. The molecule has 2 rings (SSSR count). The molecule has 3 amide bonds. The molecule has 0 fully saturated rings. The van der Waals surface area contributed by atoms with Gasteiger partial charge in [0.1, 0.15) is 12.4 Å². The Balaban J connectivity index is 1.70. The summed E-state index contributed by atoms with van der Waals surface area (Å²) in [6.45, 7) is -2.13. The Kier molecular flexibility index (Phi) is 8.06. The maximum atomic E-state index is 13.5. The van der Waals surface area contributed by atoms with Gasteiger partial charge in [0.05, 0.1) is 17.8 Å². The van der Waals surface area contributed by atoms with Crippen LogP contribution in [0.5, 0.6) is 0 Å². The van der Waals surface area contributed by atoms with Crippen LogP contribution in [0.3, 0.4) is 0 Å². The minimum absolute atomic E-state index is 0.281. The minimum atomic E-state index is -1.77. The van der Waals surface area contributed by atoms with Gasteiger partial charge in [-0.2, -0.15) is 0 Å². The van der Waals surface area contributed by atoms with Crippen molar-refractivity contribution in [3.05, 3.63) is 65.2 Å². The van der Waals surface area contributed by atoms with E-state index in [-0.39, 0.29) is 5.56 Å². The Hall–Kier alpha value is -3.96. The van der Waals surface area contributed by atoms with E-state index in [1.807, 2.05) is 10.6 Å². The van der Waals surface area contributed by atoms with Crippen LogP contribution in [-0.2, 0) is 19.1 Å². The second kappa shape index (κ2) is 10.7. The molecule has 0 aromatic heterocycles. The predicted octanol–water partition coefficient (Wildman–Crippen LogP) is 1.27. The highest BCUT2D eigenvalue weighted by molar-refractivity contribution is 5.96. The highest BCUT2D eigenvalue weighted by Gasteiger charge is 2.16. The zero-order valence-electron chi connectivity index (χ0n) is 15.6. The molecule has 12 heteroatoms. The van der Waals surface area contributed by atoms with Gasteiger partial charge < -0.3 is 20.7 Å². The van der Waals surface area contributed by atoms with Gasteiger partial charge in [0.15, 0.2) is 24.1 Å². The number of carbonyl (C=O) groups is 4. The van der Waals surface area contributed by atoms with Crippen LogP contribution in [0.25, 0.3) is 0 Å². The van der Waals surface area contributed by atoms with E-state index in [1.165, 1.54) is 18.2 Å². The first kappa shape index (κ1) is 23.3. The van der Waals surface area contributed by atoms with E-state index < -0.39 is 72.3 Å². The molecule has 0 saturated carbocycles. The quantitative estimate of drug-likeness (QED) is 0.325. The number of ether oxygens (including phenoxy) is 1. The van der Waals surface area contributed by atoms with Gasteiger partial charge in [0, 0.05) is 0 Å². The van der Waals surface area contributed by atoms with E-state index in [1.54, 1.807) is 0 Å². The van der Waals surface area contributed by atoms with Gasteiger partial charge in [-0.1, -0.05) is 12.1 Å². The van der Waals surface area contributed by atoms with E-state index in [9.17, 15) is 36.7 Å². The first-order chi connectivity index (χ1) is 14.7. The molecule has 0 unspecified atom stereocenters. The number of amides is 3. The summed E-state index contributed by atoms with van der Waals surface area (Å²) in [5.41, 5.74) is -0.910. The van der Waals surface area contributed by atoms with Crippen molar-refractivity contribution in [2.75, 3.05) is 25.0 Å². The standard InChI is InChI=1S/C19H15F4N3O5/c20-11-4-2-1-3-10(11)19(30)25-8-16(29)31-9-15(28)24-7-14(27)26-13-6-5-12(21)17(22)18(13)23/h1-6H,7-9H2,(H,24,28)(H,25,30)(H,26,27). The summed E-state index contributed by atoms with van der Waals surface area (Å²) in [6, 6.07) is 6.49. The Morgan fingerprint density at radius 2 is 1.48 bits per heavy atom. The lowest BCUT2D eigenvalue weighted by Crippen LogP contribution is -2.37. The molecular weight excluding hydrogens is 426 g/mol. The van der Waals surface area contributed by atoms with Crippen molar-refractivity contribution in [3.8, 4) is 0 Å². The number of anilines is 1.